The lowest BCUT2D eigenvalue weighted by molar-refractivity contribution is -0.127. The molecule has 1 aliphatic rings. The maximum Gasteiger partial charge on any atom is 0.228 e. The zero-order valence-electron chi connectivity index (χ0n) is 15.0. The highest BCUT2D eigenvalue weighted by atomic mass is 19.1. The summed E-state index contributed by atoms with van der Waals surface area (Å²) in [5, 5.41) is 12.5. The number of fused-ring (bicyclic) bond motifs is 1. The number of aliphatic hydroxyl groups is 1. The summed E-state index contributed by atoms with van der Waals surface area (Å²) in [6.45, 7) is 0.0586. The van der Waals surface area contributed by atoms with Gasteiger partial charge in [0.25, 0.3) is 0 Å². The molecule has 1 aromatic heterocycles. The fourth-order valence-electron chi connectivity index (χ4n) is 3.49. The number of amides is 1. The van der Waals surface area contributed by atoms with Crippen LogP contribution in [0.25, 0.3) is 22.2 Å². The van der Waals surface area contributed by atoms with Crippen LogP contribution in [0.4, 0.5) is 13.2 Å². The maximum absolute atomic E-state index is 14.3. The zero-order valence-corrected chi connectivity index (χ0v) is 15.0. The Hall–Kier alpha value is -2.80. The van der Waals surface area contributed by atoms with Crippen LogP contribution in [-0.2, 0) is 11.2 Å². The predicted molar refractivity (Wildman–Crippen MR) is 99.1 cm³/mol. The number of hydrogen-bond acceptors (Lipinski definition) is 2. The molecule has 4 nitrogen and oxygen atoms in total. The average molecular weight is 388 g/mol. The van der Waals surface area contributed by atoms with Crippen molar-refractivity contribution in [2.45, 2.75) is 19.3 Å². The van der Waals surface area contributed by atoms with Gasteiger partial charge in [-0.15, -0.1) is 0 Å². The fourth-order valence-corrected chi connectivity index (χ4v) is 3.49. The van der Waals surface area contributed by atoms with Crippen LogP contribution in [-0.4, -0.2) is 29.1 Å². The van der Waals surface area contributed by atoms with Crippen molar-refractivity contribution in [2.75, 3.05) is 13.2 Å². The molecule has 0 atom stereocenters. The molecule has 0 bridgehead atoms. The van der Waals surface area contributed by atoms with Crippen molar-refractivity contribution in [2.24, 2.45) is 5.41 Å². The van der Waals surface area contributed by atoms with Gasteiger partial charge in [0.2, 0.25) is 5.91 Å². The summed E-state index contributed by atoms with van der Waals surface area (Å²) in [5.74, 6) is -2.02. The Kier molecular flexibility index (Phi) is 4.63. The summed E-state index contributed by atoms with van der Waals surface area (Å²) in [7, 11) is 0. The topological polar surface area (TPSA) is 65.1 Å². The van der Waals surface area contributed by atoms with E-state index < -0.39 is 22.9 Å². The lowest BCUT2D eigenvalue weighted by atomic mass is 10.0. The van der Waals surface area contributed by atoms with Crippen molar-refractivity contribution in [1.29, 1.82) is 0 Å². The van der Waals surface area contributed by atoms with Crippen LogP contribution in [0.15, 0.2) is 36.4 Å². The van der Waals surface area contributed by atoms with Crippen LogP contribution in [0.3, 0.4) is 0 Å². The predicted octanol–water partition coefficient (Wildman–Crippen LogP) is 3.68. The van der Waals surface area contributed by atoms with Crippen molar-refractivity contribution in [3.63, 3.8) is 0 Å². The van der Waals surface area contributed by atoms with Gasteiger partial charge in [-0.05, 0) is 60.7 Å². The van der Waals surface area contributed by atoms with E-state index in [2.05, 4.69) is 10.3 Å². The van der Waals surface area contributed by atoms with E-state index in [4.69, 9.17) is 0 Å². The second-order valence-corrected chi connectivity index (χ2v) is 7.24. The average Bonchev–Trinajstić information content (AvgIpc) is 3.40. The van der Waals surface area contributed by atoms with Gasteiger partial charge in [0.15, 0.2) is 0 Å². The van der Waals surface area contributed by atoms with Gasteiger partial charge in [-0.1, -0.05) is 0 Å². The van der Waals surface area contributed by atoms with Crippen LogP contribution in [0, 0.1) is 22.9 Å². The normalized spacial score (nSPS) is 15.0. The van der Waals surface area contributed by atoms with E-state index in [0.717, 1.165) is 6.07 Å². The quantitative estimate of drug-likeness (QED) is 0.603. The second-order valence-electron chi connectivity index (χ2n) is 7.24. The van der Waals surface area contributed by atoms with Crippen molar-refractivity contribution in [1.82, 2.24) is 10.3 Å². The molecule has 4 rings (SSSR count). The number of aromatic nitrogens is 1. The number of carbonyl (C=O) groups excluding carboxylic acids is 1. The van der Waals surface area contributed by atoms with Gasteiger partial charge in [0.05, 0.1) is 17.5 Å². The Bertz CT molecular complexity index is 1040. The molecule has 0 unspecified atom stereocenters. The van der Waals surface area contributed by atoms with Crippen LogP contribution < -0.4 is 5.32 Å². The number of benzene rings is 2. The van der Waals surface area contributed by atoms with Crippen molar-refractivity contribution < 1.29 is 23.1 Å². The minimum Gasteiger partial charge on any atom is -0.395 e. The Morgan fingerprint density at radius 2 is 1.82 bits per heavy atom. The third kappa shape index (κ3) is 3.26. The molecule has 0 radical (unpaired) electrons. The molecule has 3 N–H and O–H groups in total. The van der Waals surface area contributed by atoms with Gasteiger partial charge >= 0.3 is 0 Å². The van der Waals surface area contributed by atoms with E-state index in [1.807, 2.05) is 0 Å². The highest BCUT2D eigenvalue weighted by Gasteiger charge is 2.49. The van der Waals surface area contributed by atoms with E-state index in [-0.39, 0.29) is 24.6 Å². The van der Waals surface area contributed by atoms with E-state index in [0.29, 0.717) is 41.5 Å². The summed E-state index contributed by atoms with van der Waals surface area (Å²) in [6, 6.07) is 7.75. The second kappa shape index (κ2) is 6.98. The summed E-state index contributed by atoms with van der Waals surface area (Å²) >= 11 is 0. The van der Waals surface area contributed by atoms with Gasteiger partial charge in [0.1, 0.15) is 17.5 Å². The minimum absolute atomic E-state index is 0.163. The molecule has 0 spiro atoms. The Morgan fingerprint density at radius 3 is 2.46 bits per heavy atom. The van der Waals surface area contributed by atoms with E-state index in [1.165, 1.54) is 18.2 Å². The molecule has 1 fully saturated rings. The standard InChI is InChI=1S/C21H19F3N2O2/c22-13-3-1-12(2-4-13)18-15(5-8-25-20(28)21(11-27)6-7-21)16-9-14(23)10-17(24)19(16)26-18/h1-4,9-10,26-27H,5-8,11H2,(H,25,28). The van der Waals surface area contributed by atoms with Crippen molar-refractivity contribution in [3.05, 3.63) is 59.4 Å². The van der Waals surface area contributed by atoms with Crippen molar-refractivity contribution in [3.8, 4) is 11.3 Å². The molecule has 0 aliphatic heterocycles. The molecular weight excluding hydrogens is 369 g/mol. The summed E-state index contributed by atoms with van der Waals surface area (Å²) in [4.78, 5) is 15.2. The first-order valence-corrected chi connectivity index (χ1v) is 9.08. The SMILES string of the molecule is O=C(NCCc1c(-c2ccc(F)cc2)[nH]c2c(F)cc(F)cc12)C1(CO)CC1. The molecule has 1 amide bonds. The largest absolute Gasteiger partial charge is 0.395 e. The number of aromatic amines is 1. The molecule has 28 heavy (non-hydrogen) atoms. The minimum atomic E-state index is -0.717. The highest BCUT2D eigenvalue weighted by Crippen LogP contribution is 2.45. The van der Waals surface area contributed by atoms with Gasteiger partial charge in [-0.25, -0.2) is 13.2 Å². The smallest absolute Gasteiger partial charge is 0.228 e. The maximum atomic E-state index is 14.3. The van der Waals surface area contributed by atoms with Crippen LogP contribution >= 0.6 is 0 Å². The molecule has 3 aromatic rings. The number of nitrogens with one attached hydrogen (secondary N) is 2. The van der Waals surface area contributed by atoms with E-state index >= 15 is 0 Å². The Labute approximate surface area is 159 Å². The van der Waals surface area contributed by atoms with E-state index in [9.17, 15) is 23.1 Å². The molecular formula is C21H19F3N2O2. The van der Waals surface area contributed by atoms with Crippen LogP contribution in [0.2, 0.25) is 0 Å². The third-order valence-electron chi connectivity index (χ3n) is 5.36. The summed E-state index contributed by atoms with van der Waals surface area (Å²) in [6.07, 6.45) is 1.63. The monoisotopic (exact) mass is 388 g/mol. The first-order chi connectivity index (χ1) is 13.4. The lowest BCUT2D eigenvalue weighted by Gasteiger charge is -2.12. The van der Waals surface area contributed by atoms with Gasteiger partial charge in [-0.3, -0.25) is 4.79 Å². The zero-order chi connectivity index (χ0) is 19.9. The third-order valence-corrected chi connectivity index (χ3v) is 5.36. The number of halogens is 3. The molecule has 1 saturated carbocycles. The lowest BCUT2D eigenvalue weighted by Crippen LogP contribution is -2.35. The van der Waals surface area contributed by atoms with Gasteiger partial charge in [-0.2, -0.15) is 0 Å². The number of carbonyl (C=O) groups is 1. The van der Waals surface area contributed by atoms with Gasteiger partial charge in [0, 0.05) is 23.7 Å². The van der Waals surface area contributed by atoms with Crippen LogP contribution in [0.1, 0.15) is 18.4 Å². The first-order valence-electron chi connectivity index (χ1n) is 9.08. The molecule has 1 aliphatic carbocycles. The van der Waals surface area contributed by atoms with Crippen LogP contribution in [0.5, 0.6) is 0 Å². The van der Waals surface area contributed by atoms with Gasteiger partial charge < -0.3 is 15.4 Å². The molecule has 2 aromatic carbocycles. The summed E-state index contributed by atoms with van der Waals surface area (Å²) in [5.41, 5.74) is 1.30. The Balaban J connectivity index is 1.67. The summed E-state index contributed by atoms with van der Waals surface area (Å²) < 4.78 is 41.3. The highest BCUT2D eigenvalue weighted by molar-refractivity contribution is 5.91. The number of rotatable bonds is 6. The van der Waals surface area contributed by atoms with Crippen molar-refractivity contribution >= 4 is 16.8 Å². The Morgan fingerprint density at radius 1 is 1.11 bits per heavy atom. The number of aliphatic hydroxyl groups excluding tert-OH is 1. The number of hydrogen-bond donors (Lipinski definition) is 3. The van der Waals surface area contributed by atoms with E-state index in [1.54, 1.807) is 12.1 Å². The molecule has 146 valence electrons. The molecule has 0 saturated heterocycles. The number of H-pyrrole nitrogens is 1. The fraction of sp³-hybridized carbons (Fsp3) is 0.286. The molecule has 1 heterocycles. The molecule has 7 heteroatoms. The first kappa shape index (κ1) is 18.6.